The zero-order valence-corrected chi connectivity index (χ0v) is 15.9. The van der Waals surface area contributed by atoms with Gasteiger partial charge in [0.15, 0.2) is 0 Å². The minimum Gasteiger partial charge on any atom is -0.465 e. The lowest BCUT2D eigenvalue weighted by Gasteiger charge is -2.22. The van der Waals surface area contributed by atoms with E-state index < -0.39 is 12.1 Å². The summed E-state index contributed by atoms with van der Waals surface area (Å²) in [5.74, 6) is 0.254. The summed E-state index contributed by atoms with van der Waals surface area (Å²) < 4.78 is 1.40. The topological polar surface area (TPSA) is 84.2 Å². The van der Waals surface area contributed by atoms with Gasteiger partial charge in [-0.05, 0) is 29.8 Å². The van der Waals surface area contributed by atoms with Crippen LogP contribution in [0.1, 0.15) is 17.4 Å². The maximum Gasteiger partial charge on any atom is 0.405 e. The summed E-state index contributed by atoms with van der Waals surface area (Å²) in [7, 11) is 0. The zero-order chi connectivity index (χ0) is 20.4. The summed E-state index contributed by atoms with van der Waals surface area (Å²) in [6, 6.07) is 22.1. The first kappa shape index (κ1) is 18.7. The van der Waals surface area contributed by atoms with Crippen LogP contribution in [0.15, 0.2) is 83.7 Å². The third-order valence-corrected chi connectivity index (χ3v) is 4.86. The van der Waals surface area contributed by atoms with Gasteiger partial charge in [-0.25, -0.2) is 9.78 Å². The second-order valence-corrected chi connectivity index (χ2v) is 6.78. The summed E-state index contributed by atoms with van der Waals surface area (Å²) in [6.07, 6.45) is -1.22. The highest BCUT2D eigenvalue weighted by molar-refractivity contribution is 6.35. The molecule has 144 valence electrons. The lowest BCUT2D eigenvalue weighted by Crippen LogP contribution is -2.34. The Labute approximate surface area is 171 Å². The lowest BCUT2D eigenvalue weighted by atomic mass is 10.1. The van der Waals surface area contributed by atoms with Crippen molar-refractivity contribution < 1.29 is 9.90 Å². The smallest absolute Gasteiger partial charge is 0.405 e. The molecule has 1 aromatic heterocycles. The van der Waals surface area contributed by atoms with Crippen molar-refractivity contribution in [2.45, 2.75) is 6.04 Å². The van der Waals surface area contributed by atoms with Gasteiger partial charge >= 0.3 is 6.09 Å². The molecule has 0 fully saturated rings. The predicted octanol–water partition coefficient (Wildman–Crippen LogP) is 4.40. The number of amides is 1. The summed E-state index contributed by atoms with van der Waals surface area (Å²) in [5, 5.41) is 12.5. The Kier molecular flexibility index (Phi) is 5.01. The van der Waals surface area contributed by atoms with Gasteiger partial charge in [0, 0.05) is 0 Å². The van der Waals surface area contributed by atoms with Crippen LogP contribution in [-0.4, -0.2) is 20.8 Å². The van der Waals surface area contributed by atoms with E-state index in [1.807, 2.05) is 12.1 Å². The van der Waals surface area contributed by atoms with Crippen molar-refractivity contribution in [2.75, 3.05) is 0 Å². The zero-order valence-electron chi connectivity index (χ0n) is 15.1. The first-order valence-corrected chi connectivity index (χ1v) is 9.25. The molecule has 0 radical (unpaired) electrons. The van der Waals surface area contributed by atoms with E-state index in [1.165, 1.54) is 4.57 Å². The molecule has 1 amide bonds. The summed E-state index contributed by atoms with van der Waals surface area (Å²) in [5.41, 5.74) is 1.26. The van der Waals surface area contributed by atoms with Crippen molar-refractivity contribution in [1.82, 2.24) is 14.9 Å². The highest BCUT2D eigenvalue weighted by Crippen LogP contribution is 2.26. The van der Waals surface area contributed by atoms with Crippen LogP contribution in [0.3, 0.4) is 0 Å². The fourth-order valence-corrected chi connectivity index (χ4v) is 3.54. The quantitative estimate of drug-likeness (QED) is 0.527. The van der Waals surface area contributed by atoms with Gasteiger partial charge < -0.3 is 10.4 Å². The molecule has 0 saturated carbocycles. The standard InChI is InChI=1S/C22H16ClN3O3/c23-16-12-7-13-17-18(16)21(27)26(15-10-5-2-6-11-15)20(24-17)19(25-22(28)29)14-8-3-1-4-9-14/h1-13,19,25H,(H,28,29). The van der Waals surface area contributed by atoms with E-state index in [9.17, 15) is 14.7 Å². The average Bonchev–Trinajstić information content (AvgIpc) is 2.73. The number of nitrogens with zero attached hydrogens (tertiary/aromatic N) is 2. The van der Waals surface area contributed by atoms with Crippen molar-refractivity contribution in [3.63, 3.8) is 0 Å². The van der Waals surface area contributed by atoms with Crippen LogP contribution < -0.4 is 10.9 Å². The third-order valence-electron chi connectivity index (χ3n) is 4.55. The molecular formula is C22H16ClN3O3. The highest BCUT2D eigenvalue weighted by Gasteiger charge is 2.25. The van der Waals surface area contributed by atoms with E-state index in [1.54, 1.807) is 66.7 Å². The van der Waals surface area contributed by atoms with Gasteiger partial charge in [-0.1, -0.05) is 66.2 Å². The number of aromatic nitrogens is 2. The number of rotatable bonds is 4. The maximum atomic E-state index is 13.5. The molecule has 1 atom stereocenters. The Morgan fingerprint density at radius 3 is 2.28 bits per heavy atom. The van der Waals surface area contributed by atoms with E-state index in [4.69, 9.17) is 11.6 Å². The molecule has 0 saturated heterocycles. The second kappa shape index (κ2) is 7.77. The number of halogens is 1. The van der Waals surface area contributed by atoms with Crippen LogP contribution >= 0.6 is 11.6 Å². The van der Waals surface area contributed by atoms with E-state index in [0.717, 1.165) is 0 Å². The average molecular weight is 406 g/mol. The fourth-order valence-electron chi connectivity index (χ4n) is 3.29. The molecule has 1 heterocycles. The van der Waals surface area contributed by atoms with E-state index in [2.05, 4.69) is 10.3 Å². The summed E-state index contributed by atoms with van der Waals surface area (Å²) >= 11 is 6.29. The number of hydrogen-bond acceptors (Lipinski definition) is 3. The Bertz CT molecular complexity index is 1240. The van der Waals surface area contributed by atoms with Gasteiger partial charge in [0.2, 0.25) is 0 Å². The molecule has 0 aliphatic rings. The van der Waals surface area contributed by atoms with Gasteiger partial charge in [-0.3, -0.25) is 9.36 Å². The molecule has 0 bridgehead atoms. The molecule has 4 aromatic rings. The Hall–Kier alpha value is -3.64. The minimum atomic E-state index is -1.22. The number of nitrogens with one attached hydrogen (secondary N) is 1. The van der Waals surface area contributed by atoms with Crippen molar-refractivity contribution in [2.24, 2.45) is 0 Å². The maximum absolute atomic E-state index is 13.5. The van der Waals surface area contributed by atoms with E-state index in [0.29, 0.717) is 21.8 Å². The normalized spacial score (nSPS) is 11.9. The van der Waals surface area contributed by atoms with Crippen molar-refractivity contribution >= 4 is 28.6 Å². The first-order chi connectivity index (χ1) is 14.1. The molecule has 4 rings (SSSR count). The predicted molar refractivity (Wildman–Crippen MR) is 112 cm³/mol. The van der Waals surface area contributed by atoms with Crippen LogP contribution in [0.5, 0.6) is 0 Å². The number of carboxylic acid groups (broad SMARTS) is 1. The van der Waals surface area contributed by atoms with Gasteiger partial charge in [0.05, 0.1) is 21.6 Å². The van der Waals surface area contributed by atoms with Gasteiger partial charge in [0.1, 0.15) is 11.9 Å². The molecule has 0 spiro atoms. The molecule has 1 unspecified atom stereocenters. The molecule has 2 N–H and O–H groups in total. The van der Waals surface area contributed by atoms with E-state index >= 15 is 0 Å². The molecule has 0 aliphatic heterocycles. The Balaban J connectivity index is 2.09. The summed E-state index contributed by atoms with van der Waals surface area (Å²) in [6.45, 7) is 0. The first-order valence-electron chi connectivity index (χ1n) is 8.87. The van der Waals surface area contributed by atoms with Crippen molar-refractivity contribution in [3.8, 4) is 5.69 Å². The van der Waals surface area contributed by atoms with Gasteiger partial charge in [0.25, 0.3) is 5.56 Å². The van der Waals surface area contributed by atoms with Crippen LogP contribution in [-0.2, 0) is 0 Å². The Morgan fingerprint density at radius 1 is 0.966 bits per heavy atom. The van der Waals surface area contributed by atoms with Gasteiger partial charge in [-0.2, -0.15) is 0 Å². The molecule has 0 aliphatic carbocycles. The lowest BCUT2D eigenvalue weighted by molar-refractivity contribution is 0.191. The largest absolute Gasteiger partial charge is 0.465 e. The number of benzene rings is 3. The summed E-state index contributed by atoms with van der Waals surface area (Å²) in [4.78, 5) is 29.7. The minimum absolute atomic E-state index is 0.254. The molecule has 6 nitrogen and oxygen atoms in total. The monoisotopic (exact) mass is 405 g/mol. The molecule has 29 heavy (non-hydrogen) atoms. The fraction of sp³-hybridized carbons (Fsp3) is 0.0455. The SMILES string of the molecule is O=C(O)NC(c1ccccc1)c1nc2cccc(Cl)c2c(=O)n1-c1ccccc1. The third kappa shape index (κ3) is 3.58. The van der Waals surface area contributed by atoms with Crippen LogP contribution in [0.4, 0.5) is 4.79 Å². The van der Waals surface area contributed by atoms with E-state index in [-0.39, 0.29) is 16.8 Å². The van der Waals surface area contributed by atoms with Crippen LogP contribution in [0.2, 0.25) is 5.02 Å². The highest BCUT2D eigenvalue weighted by atomic mass is 35.5. The van der Waals surface area contributed by atoms with Crippen molar-refractivity contribution in [3.05, 3.63) is 106 Å². The number of para-hydroxylation sites is 1. The molecule has 7 heteroatoms. The van der Waals surface area contributed by atoms with Crippen LogP contribution in [0, 0.1) is 0 Å². The number of carbonyl (C=O) groups is 1. The molecular weight excluding hydrogens is 390 g/mol. The molecule has 3 aromatic carbocycles. The van der Waals surface area contributed by atoms with Crippen LogP contribution in [0.25, 0.3) is 16.6 Å². The van der Waals surface area contributed by atoms with Crippen molar-refractivity contribution in [1.29, 1.82) is 0 Å². The number of hydrogen-bond donors (Lipinski definition) is 2. The second-order valence-electron chi connectivity index (χ2n) is 6.37. The van der Waals surface area contributed by atoms with Gasteiger partial charge in [-0.15, -0.1) is 0 Å². The Morgan fingerprint density at radius 2 is 1.62 bits per heavy atom. The number of fused-ring (bicyclic) bond motifs is 1.